The fraction of sp³-hybridized carbons (Fsp3) is 0.154. The smallest absolute Gasteiger partial charge is 0.268 e. The molecule has 1 heterocycles. The number of imide groups is 1. The van der Waals surface area contributed by atoms with Crippen LogP contribution in [0, 0.1) is 10.1 Å². The van der Waals surface area contributed by atoms with Crippen molar-refractivity contribution < 1.29 is 14.5 Å². The Bertz CT molecular complexity index is 1220. The molecule has 3 aromatic carbocycles. The lowest BCUT2D eigenvalue weighted by Crippen LogP contribution is -2.31. The Kier molecular flexibility index (Phi) is 6.70. The Hall–Kier alpha value is -3.71. The number of carbonyl (C=O) groups excluding carboxylic acids is 2. The predicted molar refractivity (Wildman–Crippen MR) is 130 cm³/mol. The monoisotopic (exact) mass is 458 g/mol. The molecule has 4 rings (SSSR count). The van der Waals surface area contributed by atoms with Crippen molar-refractivity contribution in [3.63, 3.8) is 0 Å². The van der Waals surface area contributed by atoms with Gasteiger partial charge in [-0.05, 0) is 60.4 Å². The van der Waals surface area contributed by atoms with Gasteiger partial charge in [0, 0.05) is 17.0 Å². The lowest BCUT2D eigenvalue weighted by Gasteiger charge is -2.16. The first kappa shape index (κ1) is 22.5. The minimum atomic E-state index is -0.494. The van der Waals surface area contributed by atoms with Crippen molar-refractivity contribution >= 4 is 40.5 Å². The Balaban J connectivity index is 1.73. The maximum absolute atomic E-state index is 13.5. The minimum absolute atomic E-state index is 0.0760. The van der Waals surface area contributed by atoms with E-state index in [1.54, 1.807) is 12.1 Å². The maximum Gasteiger partial charge on any atom is 0.272 e. The number of thioether (sulfide) groups is 1. The van der Waals surface area contributed by atoms with Gasteiger partial charge in [0.25, 0.3) is 17.5 Å². The first-order valence-corrected chi connectivity index (χ1v) is 11.5. The molecule has 0 aromatic heterocycles. The molecule has 0 atom stereocenters. The summed E-state index contributed by atoms with van der Waals surface area (Å²) in [5.41, 5.74) is 2.31. The Labute approximate surface area is 196 Å². The highest BCUT2D eigenvalue weighted by molar-refractivity contribution is 8.04. The highest BCUT2D eigenvalue weighted by atomic mass is 32.2. The van der Waals surface area contributed by atoms with Gasteiger partial charge in [-0.1, -0.05) is 55.4 Å². The molecule has 0 saturated heterocycles. The van der Waals surface area contributed by atoms with Crippen LogP contribution in [0.15, 0.2) is 88.7 Å². The zero-order valence-electron chi connectivity index (χ0n) is 18.1. The molecule has 0 saturated carbocycles. The lowest BCUT2D eigenvalue weighted by molar-refractivity contribution is -0.384. The summed E-state index contributed by atoms with van der Waals surface area (Å²) in [6.07, 6.45) is 3.11. The molecule has 1 aliphatic heterocycles. The molecule has 0 spiro atoms. The Morgan fingerprint density at radius 2 is 1.55 bits per heavy atom. The number of hydrogen-bond acceptors (Lipinski definition) is 5. The van der Waals surface area contributed by atoms with E-state index < -0.39 is 16.7 Å². The van der Waals surface area contributed by atoms with E-state index in [4.69, 9.17) is 0 Å². The van der Waals surface area contributed by atoms with Gasteiger partial charge in [0.2, 0.25) is 0 Å². The van der Waals surface area contributed by atoms with E-state index >= 15 is 0 Å². The second-order valence-corrected chi connectivity index (χ2v) is 8.72. The number of benzene rings is 3. The number of anilines is 1. The minimum Gasteiger partial charge on any atom is -0.268 e. The van der Waals surface area contributed by atoms with E-state index in [-0.39, 0.29) is 11.3 Å². The number of non-ortho nitro benzene ring substituents is 1. The zero-order valence-corrected chi connectivity index (χ0v) is 18.9. The van der Waals surface area contributed by atoms with Crippen molar-refractivity contribution in [3.8, 4) is 0 Å². The van der Waals surface area contributed by atoms with E-state index in [1.807, 2.05) is 42.5 Å². The summed E-state index contributed by atoms with van der Waals surface area (Å²) in [5.74, 6) is -0.836. The number of nitro benzene ring substituents is 1. The quantitative estimate of drug-likeness (QED) is 0.234. The summed E-state index contributed by atoms with van der Waals surface area (Å²) < 4.78 is 0. The normalized spacial score (nSPS) is 13.7. The summed E-state index contributed by atoms with van der Waals surface area (Å²) in [7, 11) is 0. The molecule has 6 nitrogen and oxygen atoms in total. The van der Waals surface area contributed by atoms with Gasteiger partial charge in [-0.15, -0.1) is 0 Å². The van der Waals surface area contributed by atoms with E-state index in [0.717, 1.165) is 29.7 Å². The van der Waals surface area contributed by atoms with Crippen LogP contribution in [-0.4, -0.2) is 16.7 Å². The van der Waals surface area contributed by atoms with Crippen molar-refractivity contribution in [2.75, 3.05) is 4.90 Å². The molecule has 1 aliphatic rings. The van der Waals surface area contributed by atoms with Crippen molar-refractivity contribution in [3.05, 3.63) is 105 Å². The van der Waals surface area contributed by atoms with E-state index in [9.17, 15) is 19.7 Å². The molecule has 166 valence electrons. The van der Waals surface area contributed by atoms with Crippen LogP contribution in [0.2, 0.25) is 0 Å². The number of unbranched alkanes of at least 4 members (excludes halogenated alkanes) is 1. The highest BCUT2D eigenvalue weighted by Crippen LogP contribution is 2.41. The number of aryl methyl sites for hydroxylation is 1. The second-order valence-electron chi connectivity index (χ2n) is 7.64. The van der Waals surface area contributed by atoms with Crippen molar-refractivity contribution in [1.29, 1.82) is 0 Å². The van der Waals surface area contributed by atoms with Crippen LogP contribution in [0.25, 0.3) is 5.57 Å². The van der Waals surface area contributed by atoms with Crippen molar-refractivity contribution in [1.82, 2.24) is 0 Å². The third-order valence-electron chi connectivity index (χ3n) is 5.38. The van der Waals surface area contributed by atoms with E-state index in [0.29, 0.717) is 16.2 Å². The van der Waals surface area contributed by atoms with Gasteiger partial charge < -0.3 is 0 Å². The lowest BCUT2D eigenvalue weighted by atomic mass is 10.1. The maximum atomic E-state index is 13.5. The molecule has 3 aromatic rings. The van der Waals surface area contributed by atoms with Crippen LogP contribution < -0.4 is 4.90 Å². The first-order valence-electron chi connectivity index (χ1n) is 10.7. The van der Waals surface area contributed by atoms with E-state index in [2.05, 4.69) is 6.92 Å². The molecule has 7 heteroatoms. The van der Waals surface area contributed by atoms with Crippen molar-refractivity contribution in [2.45, 2.75) is 31.1 Å². The molecule has 0 radical (unpaired) electrons. The Morgan fingerprint density at radius 3 is 2.15 bits per heavy atom. The molecule has 0 fully saturated rings. The number of nitrogens with zero attached hydrogens (tertiary/aromatic N) is 2. The average molecular weight is 459 g/mol. The van der Waals surface area contributed by atoms with Crippen LogP contribution in [0.4, 0.5) is 11.4 Å². The summed E-state index contributed by atoms with van der Waals surface area (Å²) >= 11 is 1.22. The summed E-state index contributed by atoms with van der Waals surface area (Å²) in [5, 5.41) is 11.0. The predicted octanol–water partition coefficient (Wildman–Crippen LogP) is 6.01. The molecule has 0 aliphatic carbocycles. The van der Waals surface area contributed by atoms with Gasteiger partial charge in [-0.25, -0.2) is 4.90 Å². The second kappa shape index (κ2) is 9.83. The van der Waals surface area contributed by atoms with Crippen LogP contribution in [0.5, 0.6) is 0 Å². The number of nitro groups is 1. The third-order valence-corrected chi connectivity index (χ3v) is 6.48. The van der Waals surface area contributed by atoms with Gasteiger partial charge in [-0.3, -0.25) is 19.7 Å². The molecular weight excluding hydrogens is 436 g/mol. The number of carbonyl (C=O) groups is 2. The van der Waals surface area contributed by atoms with Gasteiger partial charge >= 0.3 is 0 Å². The standard InChI is InChI=1S/C26H22N2O4S/c1-2-3-7-18-10-14-20(15-11-18)27-25(29)23(19-12-16-21(17-13-19)28(31)32)24(26(27)30)33-22-8-5-4-6-9-22/h4-6,8-17H,2-3,7H2,1H3. The van der Waals surface area contributed by atoms with Crippen LogP contribution in [-0.2, 0) is 16.0 Å². The van der Waals surface area contributed by atoms with Gasteiger partial charge in [0.05, 0.1) is 21.1 Å². The number of rotatable bonds is 8. The molecular formula is C26H22N2O4S. The van der Waals surface area contributed by atoms with Gasteiger partial charge in [-0.2, -0.15) is 0 Å². The van der Waals surface area contributed by atoms with Gasteiger partial charge in [0.15, 0.2) is 0 Å². The summed E-state index contributed by atoms with van der Waals surface area (Å²) in [4.78, 5) is 39.8. The largest absolute Gasteiger partial charge is 0.272 e. The summed E-state index contributed by atoms with van der Waals surface area (Å²) in [6, 6.07) is 22.5. The fourth-order valence-corrected chi connectivity index (χ4v) is 4.66. The summed E-state index contributed by atoms with van der Waals surface area (Å²) in [6.45, 7) is 2.13. The third kappa shape index (κ3) is 4.73. The Morgan fingerprint density at radius 1 is 0.879 bits per heavy atom. The van der Waals surface area contributed by atoms with Crippen molar-refractivity contribution in [2.24, 2.45) is 0 Å². The molecule has 0 bridgehead atoms. The number of hydrogen-bond donors (Lipinski definition) is 0. The average Bonchev–Trinajstić information content (AvgIpc) is 3.08. The van der Waals surface area contributed by atoms with Crippen LogP contribution >= 0.6 is 11.8 Å². The van der Waals surface area contributed by atoms with E-state index in [1.165, 1.54) is 40.9 Å². The SMILES string of the molecule is CCCCc1ccc(N2C(=O)C(Sc3ccccc3)=C(c3ccc([N+](=O)[O-])cc3)C2=O)cc1. The number of amides is 2. The van der Waals surface area contributed by atoms with Crippen LogP contribution in [0.1, 0.15) is 30.9 Å². The molecule has 0 N–H and O–H groups in total. The topological polar surface area (TPSA) is 80.5 Å². The zero-order chi connectivity index (χ0) is 23.4. The fourth-order valence-electron chi connectivity index (χ4n) is 3.64. The highest BCUT2D eigenvalue weighted by Gasteiger charge is 2.40. The molecule has 2 amide bonds. The molecule has 0 unspecified atom stereocenters. The first-order chi connectivity index (χ1) is 16.0. The van der Waals surface area contributed by atoms with Crippen LogP contribution in [0.3, 0.4) is 0 Å². The molecule has 33 heavy (non-hydrogen) atoms. The van der Waals surface area contributed by atoms with Gasteiger partial charge in [0.1, 0.15) is 0 Å².